The van der Waals surface area contributed by atoms with Crippen LogP contribution in [0.25, 0.3) is 10.9 Å². The van der Waals surface area contributed by atoms with Gasteiger partial charge in [-0.1, -0.05) is 47.5 Å². The van der Waals surface area contributed by atoms with Crippen molar-refractivity contribution in [1.82, 2.24) is 14.9 Å². The third kappa shape index (κ3) is 4.49. The number of benzene rings is 2. The second kappa shape index (κ2) is 8.55. The molecule has 0 atom stereocenters. The molecule has 0 bridgehead atoms. The first kappa shape index (κ1) is 19.4. The van der Waals surface area contributed by atoms with Crippen LogP contribution in [0.4, 0.5) is 0 Å². The van der Waals surface area contributed by atoms with Crippen molar-refractivity contribution in [2.45, 2.75) is 26.3 Å². The summed E-state index contributed by atoms with van der Waals surface area (Å²) in [6.07, 6.45) is 2.28. The van der Waals surface area contributed by atoms with Crippen LogP contribution < -0.4 is 10.9 Å². The Morgan fingerprint density at radius 1 is 1.19 bits per heavy atom. The van der Waals surface area contributed by atoms with Gasteiger partial charge in [0, 0.05) is 19.5 Å². The number of carbonyl (C=O) groups excluding carboxylic acids is 1. The van der Waals surface area contributed by atoms with Crippen LogP contribution >= 0.6 is 23.2 Å². The average Bonchev–Trinajstić information content (AvgIpc) is 2.65. The van der Waals surface area contributed by atoms with Crippen LogP contribution in [-0.4, -0.2) is 22.0 Å². The van der Waals surface area contributed by atoms with Crippen LogP contribution in [-0.2, 0) is 17.8 Å². The Bertz CT molecular complexity index is 1050. The molecule has 5 nitrogen and oxygen atoms in total. The number of hydrogen-bond acceptors (Lipinski definition) is 3. The minimum atomic E-state index is -0.137. The van der Waals surface area contributed by atoms with Gasteiger partial charge in [0.25, 0.3) is 5.56 Å². The smallest absolute Gasteiger partial charge is 0.261 e. The summed E-state index contributed by atoms with van der Waals surface area (Å²) in [6.45, 7) is 2.64. The number of carbonyl (C=O) groups is 1. The monoisotopic (exact) mass is 403 g/mol. The molecule has 0 saturated carbocycles. The van der Waals surface area contributed by atoms with Crippen molar-refractivity contribution < 1.29 is 4.79 Å². The lowest BCUT2D eigenvalue weighted by Gasteiger charge is -2.09. The van der Waals surface area contributed by atoms with E-state index in [-0.39, 0.29) is 24.4 Å². The van der Waals surface area contributed by atoms with Gasteiger partial charge in [0.05, 0.1) is 27.3 Å². The lowest BCUT2D eigenvalue weighted by Crippen LogP contribution is -2.29. The van der Waals surface area contributed by atoms with E-state index < -0.39 is 0 Å². The largest absolute Gasteiger partial charge is 0.356 e. The summed E-state index contributed by atoms with van der Waals surface area (Å²) in [4.78, 5) is 29.0. The lowest BCUT2D eigenvalue weighted by atomic mass is 10.1. The highest BCUT2D eigenvalue weighted by Crippen LogP contribution is 2.25. The highest BCUT2D eigenvalue weighted by atomic mass is 35.5. The Labute approximate surface area is 166 Å². The van der Waals surface area contributed by atoms with Crippen molar-refractivity contribution in [3.05, 3.63) is 74.3 Å². The predicted molar refractivity (Wildman–Crippen MR) is 109 cm³/mol. The Hall–Kier alpha value is -2.37. The van der Waals surface area contributed by atoms with Gasteiger partial charge in [-0.3, -0.25) is 14.2 Å². The number of nitrogens with one attached hydrogen (secondary N) is 1. The van der Waals surface area contributed by atoms with Gasteiger partial charge in [-0.05, 0) is 36.6 Å². The molecule has 0 aliphatic carbocycles. The molecule has 3 aromatic rings. The van der Waals surface area contributed by atoms with Gasteiger partial charge in [-0.2, -0.15) is 0 Å². The second-order valence-electron chi connectivity index (χ2n) is 6.28. The molecule has 1 amide bonds. The summed E-state index contributed by atoms with van der Waals surface area (Å²) in [5.74, 6) is -0.135. The van der Waals surface area contributed by atoms with E-state index >= 15 is 0 Å². The van der Waals surface area contributed by atoms with Crippen LogP contribution in [0.2, 0.25) is 10.0 Å². The molecular formula is C20H19Cl2N3O2. The van der Waals surface area contributed by atoms with Gasteiger partial charge < -0.3 is 5.32 Å². The first-order valence-electron chi connectivity index (χ1n) is 8.61. The fraction of sp³-hybridized carbons (Fsp3) is 0.250. The number of nitrogens with zero attached hydrogens (tertiary/aromatic N) is 2. The van der Waals surface area contributed by atoms with Crippen molar-refractivity contribution in [1.29, 1.82) is 0 Å². The molecule has 1 aromatic heterocycles. The summed E-state index contributed by atoms with van der Waals surface area (Å²) in [5, 5.41) is 4.41. The van der Waals surface area contributed by atoms with E-state index in [0.29, 0.717) is 33.9 Å². The summed E-state index contributed by atoms with van der Waals surface area (Å²) < 4.78 is 1.47. The number of rotatable bonds is 6. The van der Waals surface area contributed by atoms with Crippen LogP contribution in [0, 0.1) is 6.92 Å². The van der Waals surface area contributed by atoms with E-state index in [4.69, 9.17) is 23.2 Å². The number of fused-ring (bicyclic) bond motifs is 1. The normalized spacial score (nSPS) is 10.9. The zero-order chi connectivity index (χ0) is 19.4. The van der Waals surface area contributed by atoms with Crippen LogP contribution in [0.3, 0.4) is 0 Å². The van der Waals surface area contributed by atoms with Crippen molar-refractivity contribution in [2.24, 2.45) is 0 Å². The van der Waals surface area contributed by atoms with E-state index in [1.54, 1.807) is 12.1 Å². The lowest BCUT2D eigenvalue weighted by molar-refractivity contribution is -0.121. The maximum atomic E-state index is 12.5. The molecule has 0 radical (unpaired) electrons. The Morgan fingerprint density at radius 2 is 1.96 bits per heavy atom. The van der Waals surface area contributed by atoms with Gasteiger partial charge in [0.2, 0.25) is 5.91 Å². The van der Waals surface area contributed by atoms with E-state index in [9.17, 15) is 9.59 Å². The van der Waals surface area contributed by atoms with Crippen molar-refractivity contribution in [2.75, 3.05) is 6.54 Å². The number of halogens is 2. The summed E-state index contributed by atoms with van der Waals surface area (Å²) in [6, 6.07) is 10.9. The predicted octanol–water partition coefficient (Wildman–Crippen LogP) is 3.76. The second-order valence-corrected chi connectivity index (χ2v) is 7.06. The zero-order valence-corrected chi connectivity index (χ0v) is 16.3. The van der Waals surface area contributed by atoms with Gasteiger partial charge >= 0.3 is 0 Å². The van der Waals surface area contributed by atoms with Crippen LogP contribution in [0.5, 0.6) is 0 Å². The van der Waals surface area contributed by atoms with Crippen LogP contribution in [0.15, 0.2) is 47.5 Å². The Morgan fingerprint density at radius 3 is 2.78 bits per heavy atom. The number of amides is 1. The van der Waals surface area contributed by atoms with E-state index in [2.05, 4.69) is 10.3 Å². The average molecular weight is 404 g/mol. The molecule has 1 heterocycles. The Balaban J connectivity index is 1.56. The fourth-order valence-corrected chi connectivity index (χ4v) is 3.30. The molecular weight excluding hydrogens is 385 g/mol. The number of aryl methyl sites for hydroxylation is 2. The third-order valence-electron chi connectivity index (χ3n) is 4.38. The molecule has 3 rings (SSSR count). The summed E-state index contributed by atoms with van der Waals surface area (Å²) >= 11 is 12.1. The molecule has 0 aliphatic rings. The van der Waals surface area contributed by atoms with Gasteiger partial charge in [0.1, 0.15) is 0 Å². The minimum absolute atomic E-state index is 0.135. The standard InChI is InChI=1S/C20H19Cl2N3O2/c1-13-4-2-6-15-19(13)24-12-25(20(15)27)11-9-17(26)23-10-8-14-5-3-7-16(21)18(14)22/h2-7,12H,8-11H2,1H3,(H,23,26). The summed E-state index contributed by atoms with van der Waals surface area (Å²) in [5.41, 5.74) is 2.40. The quantitative estimate of drug-likeness (QED) is 0.681. The zero-order valence-electron chi connectivity index (χ0n) is 14.8. The van der Waals surface area contributed by atoms with Crippen molar-refractivity contribution in [3.63, 3.8) is 0 Å². The van der Waals surface area contributed by atoms with Gasteiger partial charge in [0.15, 0.2) is 0 Å². The fourth-order valence-electron chi connectivity index (χ4n) is 2.89. The Kier molecular flexibility index (Phi) is 6.14. The molecule has 0 saturated heterocycles. The number of para-hydroxylation sites is 1. The molecule has 0 unspecified atom stereocenters. The van der Waals surface area contributed by atoms with Crippen LogP contribution in [0.1, 0.15) is 17.5 Å². The van der Waals surface area contributed by atoms with Crippen molar-refractivity contribution in [3.8, 4) is 0 Å². The molecule has 0 fully saturated rings. The van der Waals surface area contributed by atoms with Crippen molar-refractivity contribution >= 4 is 40.0 Å². The highest BCUT2D eigenvalue weighted by Gasteiger charge is 2.09. The molecule has 27 heavy (non-hydrogen) atoms. The molecule has 1 N–H and O–H groups in total. The van der Waals surface area contributed by atoms with E-state index in [1.807, 2.05) is 31.2 Å². The first-order valence-corrected chi connectivity index (χ1v) is 9.37. The molecule has 2 aromatic carbocycles. The third-order valence-corrected chi connectivity index (χ3v) is 5.24. The molecule has 140 valence electrons. The maximum absolute atomic E-state index is 12.5. The number of aromatic nitrogens is 2. The minimum Gasteiger partial charge on any atom is -0.356 e. The molecule has 7 heteroatoms. The van der Waals surface area contributed by atoms with E-state index in [1.165, 1.54) is 10.9 Å². The number of hydrogen-bond donors (Lipinski definition) is 1. The van der Waals surface area contributed by atoms with E-state index in [0.717, 1.165) is 11.1 Å². The SMILES string of the molecule is Cc1cccc2c(=O)n(CCC(=O)NCCc3cccc(Cl)c3Cl)cnc12. The molecule has 0 spiro atoms. The summed E-state index contributed by atoms with van der Waals surface area (Å²) in [7, 11) is 0. The first-order chi connectivity index (χ1) is 13.0. The maximum Gasteiger partial charge on any atom is 0.261 e. The van der Waals surface area contributed by atoms with Gasteiger partial charge in [-0.25, -0.2) is 4.98 Å². The molecule has 0 aliphatic heterocycles. The highest BCUT2D eigenvalue weighted by molar-refractivity contribution is 6.42. The topological polar surface area (TPSA) is 64.0 Å². The van der Waals surface area contributed by atoms with Gasteiger partial charge in [-0.15, -0.1) is 0 Å².